The second-order valence-corrected chi connectivity index (χ2v) is 4.27. The van der Waals surface area contributed by atoms with Gasteiger partial charge in [-0.15, -0.1) is 0 Å². The van der Waals surface area contributed by atoms with Crippen LogP contribution in [0, 0.1) is 0 Å². The van der Waals surface area contributed by atoms with Gasteiger partial charge in [0.1, 0.15) is 5.15 Å². The molecule has 0 unspecified atom stereocenters. The number of hydrogen-bond acceptors (Lipinski definition) is 2. The zero-order valence-electron chi connectivity index (χ0n) is 7.30. The molecule has 0 aliphatic heterocycles. The predicted molar refractivity (Wildman–Crippen MR) is 62.3 cm³/mol. The highest BCUT2D eigenvalue weighted by Gasteiger charge is 2.03. The van der Waals surface area contributed by atoms with Crippen molar-refractivity contribution in [2.45, 2.75) is 6.54 Å². The third-order valence-electron chi connectivity index (χ3n) is 2.05. The molecule has 2 aromatic rings. The Bertz CT molecular complexity index is 480. The van der Waals surface area contributed by atoms with Crippen LogP contribution in [0.3, 0.4) is 0 Å². The van der Waals surface area contributed by atoms with Crippen LogP contribution in [0.15, 0.2) is 28.7 Å². The number of rotatable bonds is 1. The van der Waals surface area contributed by atoms with Gasteiger partial charge in [0, 0.05) is 16.4 Å². The van der Waals surface area contributed by atoms with Crippen LogP contribution in [0.25, 0.3) is 10.9 Å². The lowest BCUT2D eigenvalue weighted by Crippen LogP contribution is -1.98. The lowest BCUT2D eigenvalue weighted by atomic mass is 10.1. The van der Waals surface area contributed by atoms with E-state index in [0.29, 0.717) is 11.7 Å². The molecule has 2 N–H and O–H groups in total. The van der Waals surface area contributed by atoms with E-state index in [1.54, 1.807) is 6.07 Å². The SMILES string of the molecule is NCc1cc(Cl)nc2cc(Br)ccc12. The quantitative estimate of drug-likeness (QED) is 0.810. The normalized spacial score (nSPS) is 10.8. The van der Waals surface area contributed by atoms with E-state index < -0.39 is 0 Å². The minimum Gasteiger partial charge on any atom is -0.326 e. The van der Waals surface area contributed by atoms with E-state index in [1.807, 2.05) is 18.2 Å². The molecule has 0 atom stereocenters. The summed E-state index contributed by atoms with van der Waals surface area (Å²) in [6.07, 6.45) is 0. The summed E-state index contributed by atoms with van der Waals surface area (Å²) in [5, 5.41) is 1.54. The molecule has 0 saturated heterocycles. The van der Waals surface area contributed by atoms with Crippen LogP contribution in [0.2, 0.25) is 5.15 Å². The van der Waals surface area contributed by atoms with Crippen molar-refractivity contribution in [2.75, 3.05) is 0 Å². The van der Waals surface area contributed by atoms with Gasteiger partial charge in [-0.3, -0.25) is 0 Å². The Labute approximate surface area is 95.2 Å². The monoisotopic (exact) mass is 270 g/mol. The van der Waals surface area contributed by atoms with Gasteiger partial charge in [0.2, 0.25) is 0 Å². The molecular weight excluding hydrogens is 263 g/mol. The Kier molecular flexibility index (Phi) is 2.72. The molecule has 0 amide bonds. The fourth-order valence-electron chi connectivity index (χ4n) is 1.41. The van der Waals surface area contributed by atoms with Gasteiger partial charge in [0.15, 0.2) is 0 Å². The van der Waals surface area contributed by atoms with E-state index in [4.69, 9.17) is 17.3 Å². The van der Waals surface area contributed by atoms with E-state index in [0.717, 1.165) is 20.9 Å². The molecule has 1 heterocycles. The van der Waals surface area contributed by atoms with Gasteiger partial charge in [0.05, 0.1) is 5.52 Å². The van der Waals surface area contributed by atoms with Crippen molar-refractivity contribution in [3.8, 4) is 0 Å². The third-order valence-corrected chi connectivity index (χ3v) is 2.73. The number of fused-ring (bicyclic) bond motifs is 1. The summed E-state index contributed by atoms with van der Waals surface area (Å²) in [5.41, 5.74) is 7.51. The fraction of sp³-hybridized carbons (Fsp3) is 0.100. The van der Waals surface area contributed by atoms with E-state index in [1.165, 1.54) is 0 Å². The zero-order chi connectivity index (χ0) is 10.1. The Balaban J connectivity index is 2.81. The smallest absolute Gasteiger partial charge is 0.130 e. The maximum Gasteiger partial charge on any atom is 0.130 e. The summed E-state index contributed by atoms with van der Waals surface area (Å²) in [6, 6.07) is 7.69. The number of nitrogens with zero attached hydrogens (tertiary/aromatic N) is 1. The average molecular weight is 272 g/mol. The first-order chi connectivity index (χ1) is 6.70. The van der Waals surface area contributed by atoms with Crippen molar-refractivity contribution < 1.29 is 0 Å². The van der Waals surface area contributed by atoms with Gasteiger partial charge in [0.25, 0.3) is 0 Å². The zero-order valence-corrected chi connectivity index (χ0v) is 9.64. The van der Waals surface area contributed by atoms with Crippen LogP contribution in [0.1, 0.15) is 5.56 Å². The van der Waals surface area contributed by atoms with Crippen LogP contribution in [0.4, 0.5) is 0 Å². The molecule has 1 aromatic carbocycles. The van der Waals surface area contributed by atoms with Crippen LogP contribution >= 0.6 is 27.5 Å². The Morgan fingerprint density at radius 2 is 2.14 bits per heavy atom. The molecule has 0 bridgehead atoms. The summed E-state index contributed by atoms with van der Waals surface area (Å²) < 4.78 is 0.989. The second-order valence-electron chi connectivity index (χ2n) is 2.97. The number of benzene rings is 1. The van der Waals surface area contributed by atoms with Crippen LogP contribution in [0.5, 0.6) is 0 Å². The highest BCUT2D eigenvalue weighted by molar-refractivity contribution is 9.10. The summed E-state index contributed by atoms with van der Waals surface area (Å²) >= 11 is 9.26. The number of nitrogens with two attached hydrogens (primary N) is 1. The van der Waals surface area contributed by atoms with E-state index in [9.17, 15) is 0 Å². The molecule has 0 fully saturated rings. The van der Waals surface area contributed by atoms with Crippen LogP contribution < -0.4 is 5.73 Å². The molecular formula is C10H8BrClN2. The van der Waals surface area contributed by atoms with Crippen molar-refractivity contribution in [2.24, 2.45) is 5.73 Å². The predicted octanol–water partition coefficient (Wildman–Crippen LogP) is 3.11. The molecule has 2 rings (SSSR count). The standard InChI is InChI=1S/C10H8BrClN2/c11-7-1-2-8-6(5-13)3-10(12)14-9(8)4-7/h1-4H,5,13H2. The Morgan fingerprint density at radius 3 is 2.86 bits per heavy atom. The minimum atomic E-state index is 0.473. The topological polar surface area (TPSA) is 38.9 Å². The van der Waals surface area contributed by atoms with Crippen molar-refractivity contribution in [3.05, 3.63) is 39.5 Å². The summed E-state index contributed by atoms with van der Waals surface area (Å²) in [6.45, 7) is 0.473. The summed E-state index contributed by atoms with van der Waals surface area (Å²) in [5.74, 6) is 0. The fourth-order valence-corrected chi connectivity index (χ4v) is 1.98. The highest BCUT2D eigenvalue weighted by Crippen LogP contribution is 2.23. The van der Waals surface area contributed by atoms with Crippen molar-refractivity contribution in [1.29, 1.82) is 0 Å². The largest absolute Gasteiger partial charge is 0.326 e. The third kappa shape index (κ3) is 1.75. The van der Waals surface area contributed by atoms with Crippen molar-refractivity contribution in [3.63, 3.8) is 0 Å². The average Bonchev–Trinajstić information content (AvgIpc) is 2.15. The number of aromatic nitrogens is 1. The highest BCUT2D eigenvalue weighted by atomic mass is 79.9. The van der Waals surface area contributed by atoms with E-state index in [2.05, 4.69) is 20.9 Å². The van der Waals surface area contributed by atoms with Crippen molar-refractivity contribution in [1.82, 2.24) is 4.98 Å². The van der Waals surface area contributed by atoms with Gasteiger partial charge < -0.3 is 5.73 Å². The molecule has 72 valence electrons. The minimum absolute atomic E-state index is 0.473. The first kappa shape index (κ1) is 9.90. The first-order valence-corrected chi connectivity index (χ1v) is 5.32. The number of halogens is 2. The Morgan fingerprint density at radius 1 is 1.36 bits per heavy atom. The first-order valence-electron chi connectivity index (χ1n) is 4.15. The van der Waals surface area contributed by atoms with Crippen LogP contribution in [-0.4, -0.2) is 4.98 Å². The molecule has 1 aromatic heterocycles. The van der Waals surface area contributed by atoms with Gasteiger partial charge in [-0.1, -0.05) is 33.6 Å². The molecule has 0 aliphatic carbocycles. The van der Waals surface area contributed by atoms with E-state index >= 15 is 0 Å². The molecule has 14 heavy (non-hydrogen) atoms. The molecule has 0 saturated carbocycles. The maximum absolute atomic E-state index is 5.87. The number of hydrogen-bond donors (Lipinski definition) is 1. The molecule has 2 nitrogen and oxygen atoms in total. The molecule has 0 radical (unpaired) electrons. The lowest BCUT2D eigenvalue weighted by molar-refractivity contribution is 1.08. The molecule has 0 spiro atoms. The van der Waals surface area contributed by atoms with Crippen LogP contribution in [-0.2, 0) is 6.54 Å². The Hall–Kier alpha value is -0.640. The molecule has 4 heteroatoms. The van der Waals surface area contributed by atoms with Gasteiger partial charge in [-0.2, -0.15) is 0 Å². The number of pyridine rings is 1. The summed E-state index contributed by atoms with van der Waals surface area (Å²) in [4.78, 5) is 4.22. The van der Waals surface area contributed by atoms with Crippen molar-refractivity contribution >= 4 is 38.4 Å². The maximum atomic E-state index is 5.87. The van der Waals surface area contributed by atoms with E-state index in [-0.39, 0.29) is 0 Å². The van der Waals surface area contributed by atoms with Gasteiger partial charge in [-0.05, 0) is 23.8 Å². The lowest BCUT2D eigenvalue weighted by Gasteiger charge is -2.04. The van der Waals surface area contributed by atoms with Gasteiger partial charge >= 0.3 is 0 Å². The summed E-state index contributed by atoms with van der Waals surface area (Å²) in [7, 11) is 0. The second kappa shape index (κ2) is 3.85. The molecule has 0 aliphatic rings. The van der Waals surface area contributed by atoms with Gasteiger partial charge in [-0.25, -0.2) is 4.98 Å².